The number of aromatic nitrogens is 2. The Hall–Kier alpha value is -1.98. The summed E-state index contributed by atoms with van der Waals surface area (Å²) in [4.78, 5) is 6.17. The van der Waals surface area contributed by atoms with E-state index in [4.69, 9.17) is 4.84 Å². The maximum atomic E-state index is 6.17. The maximum absolute atomic E-state index is 6.17. The molecule has 0 radical (unpaired) electrons. The molecule has 3 aromatic rings. The van der Waals surface area contributed by atoms with Crippen LogP contribution in [0.2, 0.25) is 0 Å². The van der Waals surface area contributed by atoms with Crippen molar-refractivity contribution in [3.63, 3.8) is 0 Å². The van der Waals surface area contributed by atoms with E-state index in [0.29, 0.717) is 0 Å². The largest absolute Gasteiger partial charge is 0.406 e. The number of rotatable bonds is 8. The van der Waals surface area contributed by atoms with Crippen LogP contribution in [0.3, 0.4) is 0 Å². The van der Waals surface area contributed by atoms with Crippen LogP contribution in [0.5, 0.6) is 5.75 Å². The molecular weight excluding hydrogens is 390 g/mol. The molecule has 0 N–H and O–H groups in total. The van der Waals surface area contributed by atoms with E-state index >= 15 is 0 Å². The van der Waals surface area contributed by atoms with Crippen molar-refractivity contribution in [1.29, 1.82) is 0 Å². The van der Waals surface area contributed by atoms with Crippen molar-refractivity contribution in [2.45, 2.75) is 38.6 Å². The summed E-state index contributed by atoms with van der Waals surface area (Å²) >= 11 is 3.52. The molecule has 0 aliphatic rings. The first-order valence-electron chi connectivity index (χ1n) is 9.04. The van der Waals surface area contributed by atoms with Crippen molar-refractivity contribution in [2.24, 2.45) is 0 Å². The molecule has 4 nitrogen and oxygen atoms in total. The lowest BCUT2D eigenvalue weighted by Crippen LogP contribution is -2.28. The molecule has 0 saturated carbocycles. The molecule has 0 spiro atoms. The molecular formula is C21H24BrN3O. The average Bonchev–Trinajstić information content (AvgIpc) is 2.66. The molecule has 0 fully saturated rings. The normalized spacial score (nSPS) is 12.5. The molecule has 1 unspecified atom stereocenters. The molecule has 0 amide bonds. The van der Waals surface area contributed by atoms with Gasteiger partial charge in [0.2, 0.25) is 0 Å². The van der Waals surface area contributed by atoms with Crippen LogP contribution in [-0.2, 0) is 0 Å². The third kappa shape index (κ3) is 4.80. The molecule has 136 valence electrons. The van der Waals surface area contributed by atoms with Gasteiger partial charge in [-0.25, -0.2) is 0 Å². The fourth-order valence-electron chi connectivity index (χ4n) is 3.09. The number of halogens is 1. The summed E-state index contributed by atoms with van der Waals surface area (Å²) in [6.07, 6.45) is 8.20. The van der Waals surface area contributed by atoms with Gasteiger partial charge in [0.25, 0.3) is 0 Å². The van der Waals surface area contributed by atoms with E-state index in [1.807, 2.05) is 30.3 Å². The second kappa shape index (κ2) is 9.10. The first kappa shape index (κ1) is 18.8. The Bertz CT molecular complexity index is 838. The number of fused-ring (bicyclic) bond motifs is 1. The van der Waals surface area contributed by atoms with Gasteiger partial charge in [-0.15, -0.1) is 5.06 Å². The van der Waals surface area contributed by atoms with E-state index < -0.39 is 0 Å². The van der Waals surface area contributed by atoms with Gasteiger partial charge in [-0.2, -0.15) is 10.2 Å². The van der Waals surface area contributed by atoms with Crippen LogP contribution in [0, 0.1) is 0 Å². The van der Waals surface area contributed by atoms with Gasteiger partial charge in [-0.05, 0) is 42.3 Å². The van der Waals surface area contributed by atoms with Gasteiger partial charge in [0, 0.05) is 22.3 Å². The lowest BCUT2D eigenvalue weighted by atomic mass is 10.0. The van der Waals surface area contributed by atoms with Gasteiger partial charge in [0.05, 0.1) is 18.4 Å². The standard InChI is InChI=1S/C21H24BrN3O/c1-3-4-5-6-21(16-7-10-19(22)11-8-16)25(2)26-20-12-9-17-14-23-24-15-18(17)13-20/h7-15,21H,3-6H2,1-2H3. The zero-order valence-corrected chi connectivity index (χ0v) is 16.8. The van der Waals surface area contributed by atoms with Crippen LogP contribution in [0.4, 0.5) is 0 Å². The summed E-state index contributed by atoms with van der Waals surface area (Å²) in [5, 5.41) is 11.9. The van der Waals surface area contributed by atoms with Crippen molar-refractivity contribution in [3.8, 4) is 5.75 Å². The van der Waals surface area contributed by atoms with Crippen LogP contribution in [0.1, 0.15) is 44.2 Å². The second-order valence-electron chi connectivity index (χ2n) is 6.48. The molecule has 2 aromatic carbocycles. The molecule has 26 heavy (non-hydrogen) atoms. The monoisotopic (exact) mass is 413 g/mol. The summed E-state index contributed by atoms with van der Waals surface area (Å²) in [6.45, 7) is 2.23. The Morgan fingerprint density at radius 3 is 2.46 bits per heavy atom. The zero-order valence-electron chi connectivity index (χ0n) is 15.2. The highest BCUT2D eigenvalue weighted by molar-refractivity contribution is 9.10. The molecule has 0 aliphatic carbocycles. The summed E-state index contributed by atoms with van der Waals surface area (Å²) in [5.74, 6) is 0.811. The number of hydrogen-bond acceptors (Lipinski definition) is 4. The number of unbranched alkanes of at least 4 members (excludes halogenated alkanes) is 2. The predicted octanol–water partition coefficient (Wildman–Crippen LogP) is 5.94. The summed E-state index contributed by atoms with van der Waals surface area (Å²) in [5.41, 5.74) is 1.26. The summed E-state index contributed by atoms with van der Waals surface area (Å²) in [7, 11) is 2.01. The average molecular weight is 414 g/mol. The van der Waals surface area contributed by atoms with E-state index in [1.165, 1.54) is 24.8 Å². The van der Waals surface area contributed by atoms with Gasteiger partial charge in [0.15, 0.2) is 0 Å². The summed E-state index contributed by atoms with van der Waals surface area (Å²) < 4.78 is 1.09. The Morgan fingerprint density at radius 1 is 1.00 bits per heavy atom. The molecule has 5 heteroatoms. The Balaban J connectivity index is 1.78. The van der Waals surface area contributed by atoms with E-state index in [9.17, 15) is 0 Å². The van der Waals surface area contributed by atoms with E-state index in [-0.39, 0.29) is 6.04 Å². The molecule has 0 bridgehead atoms. The lowest BCUT2D eigenvalue weighted by molar-refractivity contribution is -0.0754. The van der Waals surface area contributed by atoms with Crippen molar-refractivity contribution in [1.82, 2.24) is 15.3 Å². The van der Waals surface area contributed by atoms with Crippen molar-refractivity contribution >= 4 is 26.7 Å². The number of nitrogens with zero attached hydrogens (tertiary/aromatic N) is 3. The molecule has 1 aromatic heterocycles. The van der Waals surface area contributed by atoms with E-state index in [1.54, 1.807) is 12.4 Å². The van der Waals surface area contributed by atoms with Crippen LogP contribution in [0.15, 0.2) is 59.3 Å². The molecule has 3 rings (SSSR count). The zero-order chi connectivity index (χ0) is 18.4. The topological polar surface area (TPSA) is 38.2 Å². The number of hydroxylamine groups is 2. The van der Waals surface area contributed by atoms with Gasteiger partial charge < -0.3 is 4.84 Å². The minimum atomic E-state index is 0.209. The van der Waals surface area contributed by atoms with Gasteiger partial charge >= 0.3 is 0 Å². The highest BCUT2D eigenvalue weighted by Gasteiger charge is 2.19. The minimum absolute atomic E-state index is 0.209. The Morgan fingerprint density at radius 2 is 1.73 bits per heavy atom. The van der Waals surface area contributed by atoms with Gasteiger partial charge in [-0.3, -0.25) is 0 Å². The van der Waals surface area contributed by atoms with E-state index in [0.717, 1.165) is 27.4 Å². The minimum Gasteiger partial charge on any atom is -0.406 e. The molecule has 1 atom stereocenters. The highest BCUT2D eigenvalue weighted by Crippen LogP contribution is 2.29. The smallest absolute Gasteiger partial charge is 0.148 e. The first-order valence-corrected chi connectivity index (χ1v) is 9.83. The quantitative estimate of drug-likeness (QED) is 0.338. The van der Waals surface area contributed by atoms with Crippen LogP contribution >= 0.6 is 15.9 Å². The molecule has 0 aliphatic heterocycles. The van der Waals surface area contributed by atoms with Crippen LogP contribution in [-0.4, -0.2) is 22.3 Å². The Kier molecular flexibility index (Phi) is 6.58. The predicted molar refractivity (Wildman–Crippen MR) is 109 cm³/mol. The third-order valence-corrected chi connectivity index (χ3v) is 5.07. The fourth-order valence-corrected chi connectivity index (χ4v) is 3.36. The first-order chi connectivity index (χ1) is 12.7. The van der Waals surface area contributed by atoms with Crippen molar-refractivity contribution in [3.05, 3.63) is 64.9 Å². The number of hydrogen-bond donors (Lipinski definition) is 0. The fraction of sp³-hybridized carbons (Fsp3) is 0.333. The van der Waals surface area contributed by atoms with Gasteiger partial charge in [-0.1, -0.05) is 54.2 Å². The van der Waals surface area contributed by atoms with Crippen LogP contribution in [0.25, 0.3) is 10.8 Å². The third-order valence-electron chi connectivity index (χ3n) is 4.54. The second-order valence-corrected chi connectivity index (χ2v) is 7.40. The van der Waals surface area contributed by atoms with Crippen molar-refractivity contribution < 1.29 is 4.84 Å². The van der Waals surface area contributed by atoms with Crippen molar-refractivity contribution in [2.75, 3.05) is 7.05 Å². The van der Waals surface area contributed by atoms with Crippen LogP contribution < -0.4 is 4.84 Å². The maximum Gasteiger partial charge on any atom is 0.148 e. The molecule has 0 saturated heterocycles. The lowest BCUT2D eigenvalue weighted by Gasteiger charge is -2.28. The SMILES string of the molecule is CCCCCC(c1ccc(Br)cc1)N(C)Oc1ccc2cnncc2c1. The van der Waals surface area contributed by atoms with Gasteiger partial charge in [0.1, 0.15) is 5.75 Å². The summed E-state index contributed by atoms with van der Waals surface area (Å²) in [6, 6.07) is 14.7. The Labute approximate surface area is 163 Å². The van der Waals surface area contributed by atoms with E-state index in [2.05, 4.69) is 57.3 Å². The highest BCUT2D eigenvalue weighted by atomic mass is 79.9. The molecule has 1 heterocycles. The number of benzene rings is 2.